The minimum atomic E-state index is -1.26. The Balaban J connectivity index is 1.84. The summed E-state index contributed by atoms with van der Waals surface area (Å²) in [7, 11) is 0. The number of benzene rings is 1. The van der Waals surface area contributed by atoms with Crippen LogP contribution in [0.1, 0.15) is 18.0 Å². The summed E-state index contributed by atoms with van der Waals surface area (Å²) in [5, 5.41) is 39.3. The fourth-order valence-corrected chi connectivity index (χ4v) is 3.26. The van der Waals surface area contributed by atoms with Crippen molar-refractivity contribution in [3.05, 3.63) is 47.5 Å². The third-order valence-electron chi connectivity index (χ3n) is 4.60. The molecule has 4 N–H and O–H groups in total. The fourth-order valence-electron chi connectivity index (χ4n) is 3.26. The molecule has 0 radical (unpaired) electrons. The van der Waals surface area contributed by atoms with E-state index < -0.39 is 18.3 Å². The standard InChI is InChI=1S/C16H21NO4/c18-9-11-8-13(15(20)16(21)14(11)19)17-7-6-12(17)10-4-2-1-3-5-10/h1-5,8,12-16,18-21H,6-7,9H2. The van der Waals surface area contributed by atoms with Crippen molar-refractivity contribution < 1.29 is 20.4 Å². The lowest BCUT2D eigenvalue weighted by Gasteiger charge is -2.49. The molecule has 3 rings (SSSR count). The van der Waals surface area contributed by atoms with Gasteiger partial charge >= 0.3 is 0 Å². The summed E-state index contributed by atoms with van der Waals surface area (Å²) in [6.07, 6.45) is -0.829. The van der Waals surface area contributed by atoms with E-state index in [1.54, 1.807) is 6.08 Å². The highest BCUT2D eigenvalue weighted by Crippen LogP contribution is 2.38. The summed E-state index contributed by atoms with van der Waals surface area (Å²) in [5.41, 5.74) is 1.55. The third-order valence-corrected chi connectivity index (χ3v) is 4.60. The molecule has 5 heteroatoms. The van der Waals surface area contributed by atoms with Crippen LogP contribution in [-0.4, -0.2) is 62.8 Å². The van der Waals surface area contributed by atoms with Gasteiger partial charge in [0.1, 0.15) is 18.3 Å². The van der Waals surface area contributed by atoms with Gasteiger partial charge in [-0.1, -0.05) is 36.4 Å². The Morgan fingerprint density at radius 3 is 2.33 bits per heavy atom. The minimum Gasteiger partial charge on any atom is -0.392 e. The second-order valence-corrected chi connectivity index (χ2v) is 5.77. The maximum Gasteiger partial charge on any atom is 0.111 e. The molecule has 0 spiro atoms. The predicted molar refractivity (Wildman–Crippen MR) is 77.5 cm³/mol. The number of nitrogens with zero attached hydrogens (tertiary/aromatic N) is 1. The van der Waals surface area contributed by atoms with Crippen LogP contribution in [0.4, 0.5) is 0 Å². The molecule has 1 aromatic rings. The number of likely N-dealkylation sites (tertiary alicyclic amines) is 1. The van der Waals surface area contributed by atoms with Crippen molar-refractivity contribution in [3.63, 3.8) is 0 Å². The maximum atomic E-state index is 10.2. The van der Waals surface area contributed by atoms with Crippen molar-refractivity contribution in [1.29, 1.82) is 0 Å². The monoisotopic (exact) mass is 291 g/mol. The molecule has 1 aromatic carbocycles. The molecule has 1 fully saturated rings. The van der Waals surface area contributed by atoms with Gasteiger partial charge in [-0.2, -0.15) is 0 Å². The van der Waals surface area contributed by atoms with Crippen LogP contribution < -0.4 is 0 Å². The van der Waals surface area contributed by atoms with Crippen LogP contribution in [0.25, 0.3) is 0 Å². The van der Waals surface area contributed by atoms with Crippen LogP contribution in [0.2, 0.25) is 0 Å². The molecule has 1 aliphatic heterocycles. The highest BCUT2D eigenvalue weighted by atomic mass is 16.4. The molecule has 114 valence electrons. The summed E-state index contributed by atoms with van der Waals surface area (Å²) in [5.74, 6) is 0. The van der Waals surface area contributed by atoms with Crippen LogP contribution in [0.15, 0.2) is 42.0 Å². The zero-order valence-corrected chi connectivity index (χ0v) is 11.7. The van der Waals surface area contributed by atoms with Crippen molar-refractivity contribution in [2.24, 2.45) is 0 Å². The number of hydrogen-bond donors (Lipinski definition) is 4. The molecule has 0 aromatic heterocycles. The first-order valence-electron chi connectivity index (χ1n) is 7.30. The molecule has 1 aliphatic carbocycles. The minimum absolute atomic E-state index is 0.199. The molecule has 5 unspecified atom stereocenters. The van der Waals surface area contributed by atoms with E-state index in [1.165, 1.54) is 5.56 Å². The molecule has 5 atom stereocenters. The second-order valence-electron chi connectivity index (χ2n) is 5.77. The van der Waals surface area contributed by atoms with Crippen molar-refractivity contribution >= 4 is 0 Å². The summed E-state index contributed by atoms with van der Waals surface area (Å²) < 4.78 is 0. The lowest BCUT2D eigenvalue weighted by Crippen LogP contribution is -2.59. The molecule has 0 saturated carbocycles. The van der Waals surface area contributed by atoms with Gasteiger partial charge in [-0.3, -0.25) is 4.90 Å². The van der Waals surface area contributed by atoms with Gasteiger partial charge in [0.2, 0.25) is 0 Å². The summed E-state index contributed by atoms with van der Waals surface area (Å²) in [6, 6.07) is 9.84. The predicted octanol–water partition coefficient (Wildman–Crippen LogP) is -0.183. The zero-order chi connectivity index (χ0) is 15.0. The van der Waals surface area contributed by atoms with Gasteiger partial charge in [-0.25, -0.2) is 0 Å². The Morgan fingerprint density at radius 1 is 1.05 bits per heavy atom. The average Bonchev–Trinajstić information content (AvgIpc) is 2.47. The first-order valence-corrected chi connectivity index (χ1v) is 7.30. The SMILES string of the molecule is OCC1=CC(N2CCC2c2ccccc2)C(O)C(O)C1O. The fraction of sp³-hybridized carbons (Fsp3) is 0.500. The lowest BCUT2D eigenvalue weighted by atomic mass is 9.83. The lowest BCUT2D eigenvalue weighted by molar-refractivity contribution is -0.103. The second kappa shape index (κ2) is 5.87. The molecule has 1 heterocycles. The van der Waals surface area contributed by atoms with E-state index in [-0.39, 0.29) is 18.7 Å². The van der Waals surface area contributed by atoms with Gasteiger partial charge in [0.05, 0.1) is 12.6 Å². The van der Waals surface area contributed by atoms with E-state index >= 15 is 0 Å². The summed E-state index contributed by atoms with van der Waals surface area (Å²) in [4.78, 5) is 2.10. The first kappa shape index (κ1) is 14.7. The van der Waals surface area contributed by atoms with Crippen molar-refractivity contribution in [2.75, 3.05) is 13.2 Å². The Morgan fingerprint density at radius 2 is 1.76 bits per heavy atom. The Labute approximate surface area is 123 Å². The highest BCUT2D eigenvalue weighted by Gasteiger charge is 2.44. The normalized spacial score (nSPS) is 37.0. The molecular weight excluding hydrogens is 270 g/mol. The molecule has 5 nitrogen and oxygen atoms in total. The van der Waals surface area contributed by atoms with E-state index in [9.17, 15) is 20.4 Å². The van der Waals surface area contributed by atoms with Gasteiger partial charge in [0, 0.05) is 12.6 Å². The Bertz CT molecular complexity index is 518. The van der Waals surface area contributed by atoms with E-state index in [0.717, 1.165) is 13.0 Å². The molecule has 0 bridgehead atoms. The Kier molecular flexibility index (Phi) is 4.10. The molecular formula is C16H21NO4. The van der Waals surface area contributed by atoms with Crippen molar-refractivity contribution in [1.82, 2.24) is 4.90 Å². The molecule has 0 amide bonds. The number of aliphatic hydroxyl groups is 4. The van der Waals surface area contributed by atoms with Crippen LogP contribution in [0, 0.1) is 0 Å². The van der Waals surface area contributed by atoms with Crippen LogP contribution >= 0.6 is 0 Å². The summed E-state index contributed by atoms with van der Waals surface area (Å²) >= 11 is 0. The van der Waals surface area contributed by atoms with Gasteiger partial charge in [0.25, 0.3) is 0 Å². The number of rotatable bonds is 3. The molecule has 2 aliphatic rings. The van der Waals surface area contributed by atoms with Crippen LogP contribution in [-0.2, 0) is 0 Å². The van der Waals surface area contributed by atoms with Gasteiger partial charge in [-0.15, -0.1) is 0 Å². The number of aliphatic hydroxyl groups excluding tert-OH is 4. The van der Waals surface area contributed by atoms with E-state index in [1.807, 2.05) is 30.3 Å². The highest BCUT2D eigenvalue weighted by molar-refractivity contribution is 5.26. The average molecular weight is 291 g/mol. The third kappa shape index (κ3) is 2.52. The molecule has 1 saturated heterocycles. The summed E-state index contributed by atoms with van der Waals surface area (Å²) in [6.45, 7) is 0.505. The zero-order valence-electron chi connectivity index (χ0n) is 11.7. The van der Waals surface area contributed by atoms with Crippen LogP contribution in [0.5, 0.6) is 0 Å². The quantitative estimate of drug-likeness (QED) is 0.581. The van der Waals surface area contributed by atoms with E-state index in [4.69, 9.17) is 0 Å². The van der Waals surface area contributed by atoms with E-state index in [0.29, 0.717) is 5.57 Å². The number of hydrogen-bond acceptors (Lipinski definition) is 5. The Hall–Kier alpha value is -1.24. The first-order chi connectivity index (χ1) is 10.1. The van der Waals surface area contributed by atoms with Gasteiger partial charge in [-0.05, 0) is 17.6 Å². The van der Waals surface area contributed by atoms with Crippen molar-refractivity contribution in [2.45, 2.75) is 36.8 Å². The maximum absolute atomic E-state index is 10.2. The molecule has 21 heavy (non-hydrogen) atoms. The van der Waals surface area contributed by atoms with Gasteiger partial charge < -0.3 is 20.4 Å². The van der Waals surface area contributed by atoms with E-state index in [2.05, 4.69) is 4.90 Å². The van der Waals surface area contributed by atoms with Crippen LogP contribution in [0.3, 0.4) is 0 Å². The largest absolute Gasteiger partial charge is 0.392 e. The smallest absolute Gasteiger partial charge is 0.111 e. The topological polar surface area (TPSA) is 84.2 Å². The van der Waals surface area contributed by atoms with Crippen molar-refractivity contribution in [3.8, 4) is 0 Å². The van der Waals surface area contributed by atoms with Gasteiger partial charge in [0.15, 0.2) is 0 Å².